The monoisotopic (exact) mass is 281 g/mol. The normalized spacial score (nSPS) is 10.2. The van der Waals surface area contributed by atoms with Crippen molar-refractivity contribution in [1.82, 2.24) is 0 Å². The van der Waals surface area contributed by atoms with Crippen LogP contribution in [0.4, 0.5) is 10.1 Å². The first-order valence-electron chi connectivity index (χ1n) is 5.38. The first-order chi connectivity index (χ1) is 9.13. The van der Waals surface area contributed by atoms with Gasteiger partial charge in [-0.3, -0.25) is 10.1 Å². The van der Waals surface area contributed by atoms with E-state index in [1.165, 1.54) is 36.4 Å². The maximum absolute atomic E-state index is 13.5. The van der Waals surface area contributed by atoms with Crippen LogP contribution in [-0.2, 0) is 5.88 Å². The van der Waals surface area contributed by atoms with Gasteiger partial charge in [-0.15, -0.1) is 11.6 Å². The predicted octanol–water partition coefficient (Wildman–Crippen LogP) is 4.27. The first-order valence-corrected chi connectivity index (χ1v) is 5.91. The highest BCUT2D eigenvalue weighted by Gasteiger charge is 2.17. The molecule has 19 heavy (non-hydrogen) atoms. The van der Waals surface area contributed by atoms with Crippen molar-refractivity contribution in [3.8, 4) is 11.5 Å². The third-order valence-corrected chi connectivity index (χ3v) is 2.76. The van der Waals surface area contributed by atoms with E-state index in [2.05, 4.69) is 0 Å². The Morgan fingerprint density at radius 3 is 2.53 bits per heavy atom. The molecule has 0 aliphatic carbocycles. The lowest BCUT2D eigenvalue weighted by atomic mass is 10.2. The number of hydrogen-bond donors (Lipinski definition) is 0. The summed E-state index contributed by atoms with van der Waals surface area (Å²) in [6.45, 7) is 0. The maximum atomic E-state index is 13.5. The van der Waals surface area contributed by atoms with Gasteiger partial charge in [-0.2, -0.15) is 0 Å². The smallest absolute Gasteiger partial charge is 0.311 e. The fraction of sp³-hybridized carbons (Fsp3) is 0.0769. The molecule has 0 radical (unpaired) electrons. The Morgan fingerprint density at radius 1 is 1.16 bits per heavy atom. The molecule has 0 unspecified atom stereocenters. The summed E-state index contributed by atoms with van der Waals surface area (Å²) in [7, 11) is 0. The van der Waals surface area contributed by atoms with Crippen molar-refractivity contribution in [1.29, 1.82) is 0 Å². The molecular weight excluding hydrogens is 273 g/mol. The van der Waals surface area contributed by atoms with Gasteiger partial charge in [0.2, 0.25) is 5.75 Å². The van der Waals surface area contributed by atoms with Gasteiger partial charge < -0.3 is 4.74 Å². The van der Waals surface area contributed by atoms with E-state index in [1.807, 2.05) is 0 Å². The van der Waals surface area contributed by atoms with Crippen LogP contribution in [-0.4, -0.2) is 4.92 Å². The molecule has 2 aromatic carbocycles. The molecule has 0 heterocycles. The number of alkyl halides is 1. The van der Waals surface area contributed by atoms with Crippen molar-refractivity contribution in [3.63, 3.8) is 0 Å². The lowest BCUT2D eigenvalue weighted by molar-refractivity contribution is -0.385. The molecular formula is C13H9ClFNO3. The first kappa shape index (κ1) is 13.3. The second-order valence-corrected chi connectivity index (χ2v) is 3.94. The van der Waals surface area contributed by atoms with E-state index in [1.54, 1.807) is 6.07 Å². The Hall–Kier alpha value is -2.14. The van der Waals surface area contributed by atoms with Crippen LogP contribution in [0.3, 0.4) is 0 Å². The van der Waals surface area contributed by atoms with Gasteiger partial charge in [0.05, 0.1) is 10.8 Å². The van der Waals surface area contributed by atoms with Gasteiger partial charge >= 0.3 is 5.69 Å². The summed E-state index contributed by atoms with van der Waals surface area (Å²) in [6, 6.07) is 10.1. The second kappa shape index (κ2) is 5.67. The molecule has 0 fully saturated rings. The highest BCUT2D eigenvalue weighted by Crippen LogP contribution is 2.33. The average Bonchev–Trinajstić information content (AvgIpc) is 2.39. The number of nitrogens with zero attached hydrogens (tertiary/aromatic N) is 1. The zero-order valence-electron chi connectivity index (χ0n) is 9.68. The molecule has 6 heteroatoms. The van der Waals surface area contributed by atoms with Crippen LogP contribution in [0.25, 0.3) is 0 Å². The van der Waals surface area contributed by atoms with Gasteiger partial charge in [-0.1, -0.05) is 18.2 Å². The number of nitro benzene ring substituents is 1. The molecule has 0 atom stereocenters. The molecule has 0 amide bonds. The van der Waals surface area contributed by atoms with Crippen LogP contribution >= 0.6 is 11.6 Å². The summed E-state index contributed by atoms with van der Waals surface area (Å²) >= 11 is 5.65. The molecule has 98 valence electrons. The van der Waals surface area contributed by atoms with Crippen molar-refractivity contribution in [2.24, 2.45) is 0 Å². The number of nitro groups is 1. The average molecular weight is 282 g/mol. The largest absolute Gasteiger partial charge is 0.450 e. The molecule has 2 aromatic rings. The molecule has 4 nitrogen and oxygen atoms in total. The second-order valence-electron chi connectivity index (χ2n) is 3.68. The standard InChI is InChI=1S/C13H9ClFNO3/c14-8-9-10(15)4-3-7-12(9)19-13-6-2-1-5-11(13)16(17)18/h1-7H,8H2. The lowest BCUT2D eigenvalue weighted by Gasteiger charge is -2.10. The van der Waals surface area contributed by atoms with Crippen LogP contribution in [0, 0.1) is 15.9 Å². The fourth-order valence-electron chi connectivity index (χ4n) is 1.58. The van der Waals surface area contributed by atoms with E-state index in [-0.39, 0.29) is 28.6 Å². The molecule has 0 N–H and O–H groups in total. The van der Waals surface area contributed by atoms with Gasteiger partial charge in [-0.25, -0.2) is 4.39 Å². The van der Waals surface area contributed by atoms with Gasteiger partial charge in [-0.05, 0) is 18.2 Å². The predicted molar refractivity (Wildman–Crippen MR) is 69.1 cm³/mol. The molecule has 0 saturated heterocycles. The number of para-hydroxylation sites is 2. The van der Waals surface area contributed by atoms with E-state index in [0.717, 1.165) is 0 Å². The Kier molecular flexibility index (Phi) is 3.97. The Balaban J connectivity index is 2.42. The van der Waals surface area contributed by atoms with Crippen LogP contribution in [0.2, 0.25) is 0 Å². The summed E-state index contributed by atoms with van der Waals surface area (Å²) in [5, 5.41) is 10.9. The van der Waals surface area contributed by atoms with E-state index in [0.29, 0.717) is 0 Å². The summed E-state index contributed by atoms with van der Waals surface area (Å²) in [5.41, 5.74) is -0.0189. The molecule has 0 spiro atoms. The lowest BCUT2D eigenvalue weighted by Crippen LogP contribution is -1.96. The molecule has 2 rings (SSSR count). The highest BCUT2D eigenvalue weighted by molar-refractivity contribution is 6.17. The minimum atomic E-state index is -0.561. The van der Waals surface area contributed by atoms with Gasteiger partial charge in [0, 0.05) is 11.6 Å². The Morgan fingerprint density at radius 2 is 1.84 bits per heavy atom. The number of ether oxygens (including phenoxy) is 1. The number of hydrogen-bond acceptors (Lipinski definition) is 3. The summed E-state index contributed by atoms with van der Waals surface area (Å²) in [6.07, 6.45) is 0. The SMILES string of the molecule is O=[N+]([O-])c1ccccc1Oc1cccc(F)c1CCl. The molecule has 0 aliphatic heterocycles. The maximum Gasteiger partial charge on any atom is 0.311 e. The van der Waals surface area contributed by atoms with Crippen LogP contribution in [0.15, 0.2) is 42.5 Å². The molecule has 0 bridgehead atoms. The number of rotatable bonds is 4. The van der Waals surface area contributed by atoms with E-state index in [9.17, 15) is 14.5 Å². The molecule has 0 aromatic heterocycles. The quantitative estimate of drug-likeness (QED) is 0.478. The number of halogens is 2. The van der Waals surface area contributed by atoms with E-state index < -0.39 is 10.7 Å². The van der Waals surface area contributed by atoms with Crippen molar-refractivity contribution in [2.75, 3.05) is 0 Å². The minimum absolute atomic E-state index is 0.0458. The van der Waals surface area contributed by atoms with E-state index >= 15 is 0 Å². The van der Waals surface area contributed by atoms with E-state index in [4.69, 9.17) is 16.3 Å². The zero-order valence-corrected chi connectivity index (χ0v) is 10.4. The van der Waals surface area contributed by atoms with Gasteiger partial charge in [0.25, 0.3) is 0 Å². The van der Waals surface area contributed by atoms with Crippen LogP contribution in [0.5, 0.6) is 11.5 Å². The molecule has 0 saturated carbocycles. The topological polar surface area (TPSA) is 52.4 Å². The Labute approximate surface area is 113 Å². The van der Waals surface area contributed by atoms with Crippen molar-refractivity contribution in [2.45, 2.75) is 5.88 Å². The molecule has 0 aliphatic rings. The van der Waals surface area contributed by atoms with Gasteiger partial charge in [0.15, 0.2) is 0 Å². The van der Waals surface area contributed by atoms with Crippen molar-refractivity contribution >= 4 is 17.3 Å². The van der Waals surface area contributed by atoms with Crippen molar-refractivity contribution < 1.29 is 14.1 Å². The third-order valence-electron chi connectivity index (χ3n) is 2.49. The van der Waals surface area contributed by atoms with Crippen molar-refractivity contribution in [3.05, 3.63) is 64.0 Å². The van der Waals surface area contributed by atoms with Gasteiger partial charge in [0.1, 0.15) is 11.6 Å². The zero-order chi connectivity index (χ0) is 13.8. The third kappa shape index (κ3) is 2.82. The Bertz CT molecular complexity index is 619. The summed E-state index contributed by atoms with van der Waals surface area (Å²) in [4.78, 5) is 10.3. The van der Waals surface area contributed by atoms with Crippen LogP contribution < -0.4 is 4.74 Å². The minimum Gasteiger partial charge on any atom is -0.450 e. The summed E-state index contributed by atoms with van der Waals surface area (Å²) < 4.78 is 18.9. The van der Waals surface area contributed by atoms with Crippen LogP contribution in [0.1, 0.15) is 5.56 Å². The fourth-order valence-corrected chi connectivity index (χ4v) is 1.84. The highest BCUT2D eigenvalue weighted by atomic mass is 35.5. The summed E-state index contributed by atoms with van der Waals surface area (Å²) in [5.74, 6) is -0.373. The number of benzene rings is 2.